The molecule has 3 N–H and O–H groups in total. The highest BCUT2D eigenvalue weighted by Gasteiger charge is 2.24. The number of esters is 1. The van der Waals surface area contributed by atoms with Crippen molar-refractivity contribution in [3.05, 3.63) is 0 Å². The number of aliphatic hydroxyl groups excluding tert-OH is 2. The molecule has 376 valence electrons. The number of carbonyl (C=O) groups excluding carboxylic acids is 2. The number of nitrogens with one attached hydrogen (secondary N) is 1. The molecular formula is C57H113NO5. The molecular weight excluding hydrogens is 779 g/mol. The summed E-state index contributed by atoms with van der Waals surface area (Å²) in [5, 5.41) is 23.9. The van der Waals surface area contributed by atoms with Gasteiger partial charge in [-0.05, 0) is 25.7 Å². The SMILES string of the molecule is CCCCCCCCCCCCCCCCCCCC(=O)OC(CCCCCCCCCCCCC)CC(=O)NC(CO)C(O)CCCCCCCCCCCCCCCCCC. The molecule has 63 heavy (non-hydrogen) atoms. The van der Waals surface area contributed by atoms with Crippen LogP contribution >= 0.6 is 0 Å². The maximum atomic E-state index is 13.2. The first-order valence-corrected chi connectivity index (χ1v) is 28.8. The van der Waals surface area contributed by atoms with E-state index < -0.39 is 18.2 Å². The Morgan fingerprint density at radius 1 is 0.397 bits per heavy atom. The van der Waals surface area contributed by atoms with E-state index in [0.29, 0.717) is 19.3 Å². The average Bonchev–Trinajstić information content (AvgIpc) is 3.28. The molecule has 0 rings (SSSR count). The van der Waals surface area contributed by atoms with E-state index in [1.54, 1.807) is 0 Å². The predicted octanol–water partition coefficient (Wildman–Crippen LogP) is 17.5. The van der Waals surface area contributed by atoms with Gasteiger partial charge in [0.25, 0.3) is 0 Å². The van der Waals surface area contributed by atoms with Crippen molar-refractivity contribution in [1.29, 1.82) is 0 Å². The molecule has 0 saturated carbocycles. The Balaban J connectivity index is 4.40. The normalized spacial score (nSPS) is 13.0. The molecule has 6 nitrogen and oxygen atoms in total. The van der Waals surface area contributed by atoms with Crippen LogP contribution in [0, 0.1) is 0 Å². The minimum Gasteiger partial charge on any atom is -0.462 e. The van der Waals surface area contributed by atoms with Gasteiger partial charge < -0.3 is 20.3 Å². The lowest BCUT2D eigenvalue weighted by molar-refractivity contribution is -0.151. The van der Waals surface area contributed by atoms with Gasteiger partial charge in [-0.3, -0.25) is 9.59 Å². The van der Waals surface area contributed by atoms with E-state index in [0.717, 1.165) is 38.5 Å². The van der Waals surface area contributed by atoms with Crippen molar-refractivity contribution in [3.63, 3.8) is 0 Å². The van der Waals surface area contributed by atoms with Gasteiger partial charge in [0.1, 0.15) is 6.10 Å². The molecule has 0 radical (unpaired) electrons. The van der Waals surface area contributed by atoms with Gasteiger partial charge >= 0.3 is 5.97 Å². The topological polar surface area (TPSA) is 95.9 Å². The smallest absolute Gasteiger partial charge is 0.306 e. The highest BCUT2D eigenvalue weighted by Crippen LogP contribution is 2.19. The van der Waals surface area contributed by atoms with Crippen molar-refractivity contribution in [1.82, 2.24) is 5.32 Å². The summed E-state index contributed by atoms with van der Waals surface area (Å²) in [7, 11) is 0. The second-order valence-corrected chi connectivity index (χ2v) is 20.1. The largest absolute Gasteiger partial charge is 0.462 e. The van der Waals surface area contributed by atoms with Gasteiger partial charge in [0.2, 0.25) is 5.91 Å². The van der Waals surface area contributed by atoms with Crippen LogP contribution < -0.4 is 5.32 Å². The van der Waals surface area contributed by atoms with Crippen LogP contribution in [0.25, 0.3) is 0 Å². The number of carbonyl (C=O) groups is 2. The van der Waals surface area contributed by atoms with Gasteiger partial charge in [-0.25, -0.2) is 0 Å². The third-order valence-electron chi connectivity index (χ3n) is 13.7. The molecule has 0 spiro atoms. The van der Waals surface area contributed by atoms with Crippen molar-refractivity contribution in [2.75, 3.05) is 6.61 Å². The molecule has 3 unspecified atom stereocenters. The van der Waals surface area contributed by atoms with Crippen LogP contribution in [0.3, 0.4) is 0 Å². The zero-order valence-electron chi connectivity index (χ0n) is 43.0. The van der Waals surface area contributed by atoms with E-state index in [1.807, 2.05) is 0 Å². The Bertz CT molecular complexity index is 913. The summed E-state index contributed by atoms with van der Waals surface area (Å²) in [5.74, 6) is -0.446. The fourth-order valence-corrected chi connectivity index (χ4v) is 9.32. The van der Waals surface area contributed by atoms with Crippen LogP contribution in [-0.4, -0.2) is 46.9 Å². The Kier molecular flexibility index (Phi) is 50.9. The minimum atomic E-state index is -0.780. The van der Waals surface area contributed by atoms with Gasteiger partial charge in [-0.2, -0.15) is 0 Å². The Hall–Kier alpha value is -1.14. The first-order valence-electron chi connectivity index (χ1n) is 28.8. The van der Waals surface area contributed by atoms with Crippen LogP contribution in [0.15, 0.2) is 0 Å². The first kappa shape index (κ1) is 61.9. The molecule has 0 aromatic heterocycles. The summed E-state index contributed by atoms with van der Waals surface area (Å²) in [6, 6.07) is -0.693. The molecule has 0 aliphatic carbocycles. The van der Waals surface area contributed by atoms with Gasteiger partial charge in [-0.1, -0.05) is 290 Å². The van der Waals surface area contributed by atoms with Crippen LogP contribution in [0.4, 0.5) is 0 Å². The maximum Gasteiger partial charge on any atom is 0.306 e. The van der Waals surface area contributed by atoms with Gasteiger partial charge in [-0.15, -0.1) is 0 Å². The minimum absolute atomic E-state index is 0.0881. The summed E-state index contributed by atoms with van der Waals surface area (Å²) in [6.07, 6.45) is 57.4. The van der Waals surface area contributed by atoms with E-state index >= 15 is 0 Å². The van der Waals surface area contributed by atoms with Gasteiger partial charge in [0.05, 0.1) is 25.2 Å². The van der Waals surface area contributed by atoms with E-state index in [-0.39, 0.29) is 24.9 Å². The van der Waals surface area contributed by atoms with Crippen LogP contribution in [-0.2, 0) is 14.3 Å². The molecule has 0 heterocycles. The fourth-order valence-electron chi connectivity index (χ4n) is 9.32. The Morgan fingerprint density at radius 3 is 0.968 bits per heavy atom. The second-order valence-electron chi connectivity index (χ2n) is 20.1. The van der Waals surface area contributed by atoms with Crippen molar-refractivity contribution >= 4 is 11.9 Å². The van der Waals surface area contributed by atoms with Gasteiger partial charge in [0, 0.05) is 6.42 Å². The number of aliphatic hydroxyl groups is 2. The highest BCUT2D eigenvalue weighted by atomic mass is 16.5. The molecule has 0 fully saturated rings. The lowest BCUT2D eigenvalue weighted by atomic mass is 10.0. The summed E-state index contributed by atoms with van der Waals surface area (Å²) in [5.41, 5.74) is 0. The molecule has 3 atom stereocenters. The zero-order valence-corrected chi connectivity index (χ0v) is 43.0. The Labute approximate surface area is 394 Å². The summed E-state index contributed by atoms with van der Waals surface area (Å²) in [4.78, 5) is 26.2. The van der Waals surface area contributed by atoms with Crippen molar-refractivity contribution in [3.8, 4) is 0 Å². The number of hydrogen-bond donors (Lipinski definition) is 3. The second kappa shape index (κ2) is 51.8. The third kappa shape index (κ3) is 47.2. The number of ether oxygens (including phenoxy) is 1. The van der Waals surface area contributed by atoms with Crippen LogP contribution in [0.2, 0.25) is 0 Å². The van der Waals surface area contributed by atoms with E-state index in [1.165, 1.54) is 244 Å². The quantitative estimate of drug-likeness (QED) is 0.0418. The monoisotopic (exact) mass is 892 g/mol. The first-order chi connectivity index (χ1) is 31.0. The summed E-state index contributed by atoms with van der Waals surface area (Å²) in [6.45, 7) is 6.53. The molecule has 0 aromatic carbocycles. The van der Waals surface area contributed by atoms with Crippen molar-refractivity contribution in [2.45, 2.75) is 347 Å². The number of amides is 1. The standard InChI is InChI=1S/C57H113NO5/c1-4-7-10-13-16-19-22-24-26-28-30-32-35-38-41-44-47-50-57(62)63-53(48-45-42-39-36-33-21-18-15-12-9-6-3)51-56(61)58-54(52-59)55(60)49-46-43-40-37-34-31-29-27-25-23-20-17-14-11-8-5-2/h53-55,59-60H,4-52H2,1-3H3,(H,58,61). The fraction of sp³-hybridized carbons (Fsp3) is 0.965. The van der Waals surface area contributed by atoms with Gasteiger partial charge in [0.15, 0.2) is 0 Å². The van der Waals surface area contributed by atoms with E-state index in [4.69, 9.17) is 4.74 Å². The molecule has 0 aliphatic rings. The number of hydrogen-bond acceptors (Lipinski definition) is 5. The lowest BCUT2D eigenvalue weighted by Crippen LogP contribution is -2.46. The average molecular weight is 893 g/mol. The molecule has 0 saturated heterocycles. The van der Waals surface area contributed by atoms with Crippen LogP contribution in [0.1, 0.15) is 329 Å². The van der Waals surface area contributed by atoms with E-state index in [9.17, 15) is 19.8 Å². The summed E-state index contributed by atoms with van der Waals surface area (Å²) >= 11 is 0. The van der Waals surface area contributed by atoms with Crippen molar-refractivity contribution in [2.24, 2.45) is 0 Å². The molecule has 1 amide bonds. The van der Waals surface area contributed by atoms with Crippen LogP contribution in [0.5, 0.6) is 0 Å². The maximum absolute atomic E-state index is 13.2. The third-order valence-corrected chi connectivity index (χ3v) is 13.7. The Morgan fingerprint density at radius 2 is 0.667 bits per heavy atom. The number of unbranched alkanes of at least 4 members (excludes halogenated alkanes) is 41. The van der Waals surface area contributed by atoms with E-state index in [2.05, 4.69) is 26.1 Å². The number of rotatable bonds is 53. The summed E-state index contributed by atoms with van der Waals surface area (Å²) < 4.78 is 5.96. The molecule has 6 heteroatoms. The lowest BCUT2D eigenvalue weighted by Gasteiger charge is -2.24. The highest BCUT2D eigenvalue weighted by molar-refractivity contribution is 5.77. The molecule has 0 aliphatic heterocycles. The molecule has 0 aromatic rings. The predicted molar refractivity (Wildman–Crippen MR) is 274 cm³/mol. The van der Waals surface area contributed by atoms with Crippen molar-refractivity contribution < 1.29 is 24.5 Å². The zero-order chi connectivity index (χ0) is 45.9. The molecule has 0 bridgehead atoms.